The van der Waals surface area contributed by atoms with Gasteiger partial charge in [0.1, 0.15) is 17.3 Å². The zero-order valence-electron chi connectivity index (χ0n) is 14.6. The van der Waals surface area contributed by atoms with Gasteiger partial charge in [0.15, 0.2) is 0 Å². The lowest BCUT2D eigenvalue weighted by Crippen LogP contribution is -2.15. The second kappa shape index (κ2) is 7.49. The maximum absolute atomic E-state index is 12.7. The van der Waals surface area contributed by atoms with Crippen molar-refractivity contribution in [2.45, 2.75) is 6.92 Å². The Hall–Kier alpha value is -2.99. The Morgan fingerprint density at radius 3 is 2.38 bits per heavy atom. The van der Waals surface area contributed by atoms with Crippen molar-refractivity contribution in [2.75, 3.05) is 19.5 Å². The Morgan fingerprint density at radius 2 is 1.77 bits per heavy atom. The summed E-state index contributed by atoms with van der Waals surface area (Å²) in [7, 11) is 3.07. The van der Waals surface area contributed by atoms with Crippen LogP contribution in [0.4, 0.5) is 5.82 Å². The fourth-order valence-electron chi connectivity index (χ4n) is 2.52. The van der Waals surface area contributed by atoms with Crippen molar-refractivity contribution >= 4 is 23.3 Å². The molecule has 0 fully saturated rings. The third kappa shape index (κ3) is 3.81. The number of nitrogens with one attached hydrogen (secondary N) is 1. The summed E-state index contributed by atoms with van der Waals surface area (Å²) in [5, 5.41) is 7.89. The molecule has 0 saturated heterocycles. The molecule has 6 nitrogen and oxygen atoms in total. The number of amides is 1. The van der Waals surface area contributed by atoms with Gasteiger partial charge >= 0.3 is 0 Å². The number of aromatic nitrogens is 2. The van der Waals surface area contributed by atoms with E-state index in [1.165, 1.54) is 14.2 Å². The van der Waals surface area contributed by atoms with Gasteiger partial charge in [-0.15, -0.1) is 0 Å². The number of methoxy groups -OCH3 is 2. The normalized spacial score (nSPS) is 10.5. The average Bonchev–Trinajstić information content (AvgIpc) is 3.01. The number of halogens is 1. The minimum atomic E-state index is -0.301. The molecule has 7 heteroatoms. The molecule has 0 atom stereocenters. The van der Waals surface area contributed by atoms with Gasteiger partial charge in [0, 0.05) is 22.7 Å². The van der Waals surface area contributed by atoms with Gasteiger partial charge < -0.3 is 14.8 Å². The smallest absolute Gasteiger partial charge is 0.257 e. The van der Waals surface area contributed by atoms with E-state index in [2.05, 4.69) is 10.4 Å². The molecule has 0 spiro atoms. The molecule has 1 amide bonds. The van der Waals surface area contributed by atoms with Gasteiger partial charge in [-0.3, -0.25) is 4.79 Å². The first-order chi connectivity index (χ1) is 12.5. The number of rotatable bonds is 5. The first-order valence-electron chi connectivity index (χ1n) is 7.87. The van der Waals surface area contributed by atoms with E-state index >= 15 is 0 Å². The first-order valence-corrected chi connectivity index (χ1v) is 8.25. The van der Waals surface area contributed by atoms with Crippen LogP contribution < -0.4 is 14.8 Å². The number of benzene rings is 2. The van der Waals surface area contributed by atoms with Crippen molar-refractivity contribution in [1.82, 2.24) is 9.78 Å². The van der Waals surface area contributed by atoms with Gasteiger partial charge in [-0.05, 0) is 37.3 Å². The molecule has 0 aliphatic heterocycles. The van der Waals surface area contributed by atoms with Crippen molar-refractivity contribution in [3.63, 3.8) is 0 Å². The zero-order chi connectivity index (χ0) is 18.7. The molecule has 0 bridgehead atoms. The van der Waals surface area contributed by atoms with Crippen molar-refractivity contribution in [2.24, 2.45) is 0 Å². The topological polar surface area (TPSA) is 65.4 Å². The number of ether oxygens (including phenoxy) is 2. The van der Waals surface area contributed by atoms with Gasteiger partial charge in [0.2, 0.25) is 0 Å². The maximum atomic E-state index is 12.7. The Labute approximate surface area is 156 Å². The van der Waals surface area contributed by atoms with E-state index in [1.807, 2.05) is 19.1 Å². The third-order valence-corrected chi connectivity index (χ3v) is 3.97. The van der Waals surface area contributed by atoms with E-state index in [-0.39, 0.29) is 5.91 Å². The standard InChI is InChI=1S/C19H18ClN3O3/c1-12-7-18(23(22-12)15-6-4-5-14(20)10-15)21-19(24)13-8-16(25-2)11-17(9-13)26-3/h4-11H,1-3H3,(H,21,24). The molecule has 2 aromatic carbocycles. The van der Waals surface area contributed by atoms with Gasteiger partial charge in [-0.1, -0.05) is 17.7 Å². The molecule has 0 radical (unpaired) electrons. The van der Waals surface area contributed by atoms with Gasteiger partial charge in [-0.2, -0.15) is 5.10 Å². The lowest BCUT2D eigenvalue weighted by Gasteiger charge is -2.11. The molecule has 1 aromatic heterocycles. The van der Waals surface area contributed by atoms with Gasteiger partial charge in [-0.25, -0.2) is 4.68 Å². The summed E-state index contributed by atoms with van der Waals surface area (Å²) >= 11 is 6.07. The van der Waals surface area contributed by atoms with E-state index in [1.54, 1.807) is 41.1 Å². The predicted molar refractivity (Wildman–Crippen MR) is 101 cm³/mol. The molecule has 134 valence electrons. The summed E-state index contributed by atoms with van der Waals surface area (Å²) in [6, 6.07) is 14.0. The van der Waals surface area contributed by atoms with Gasteiger partial charge in [0.25, 0.3) is 5.91 Å². The Balaban J connectivity index is 1.93. The van der Waals surface area contributed by atoms with E-state index in [0.29, 0.717) is 27.9 Å². The molecular weight excluding hydrogens is 354 g/mol. The lowest BCUT2D eigenvalue weighted by atomic mass is 10.2. The summed E-state index contributed by atoms with van der Waals surface area (Å²) in [6.07, 6.45) is 0. The van der Waals surface area contributed by atoms with Crippen LogP contribution in [0, 0.1) is 6.92 Å². The number of aryl methyl sites for hydroxylation is 1. The highest BCUT2D eigenvalue weighted by Crippen LogP contribution is 2.24. The fraction of sp³-hybridized carbons (Fsp3) is 0.158. The number of carbonyl (C=O) groups excluding carboxylic acids is 1. The molecule has 3 rings (SSSR count). The third-order valence-electron chi connectivity index (χ3n) is 3.74. The highest BCUT2D eigenvalue weighted by molar-refractivity contribution is 6.30. The minimum absolute atomic E-state index is 0.301. The number of carbonyl (C=O) groups is 1. The van der Waals surface area contributed by atoms with E-state index in [4.69, 9.17) is 21.1 Å². The molecule has 0 aliphatic rings. The summed E-state index contributed by atoms with van der Waals surface area (Å²) in [4.78, 5) is 12.7. The zero-order valence-corrected chi connectivity index (χ0v) is 15.4. The van der Waals surface area contributed by atoms with Crippen LogP contribution in [-0.4, -0.2) is 29.9 Å². The Bertz CT molecular complexity index is 931. The SMILES string of the molecule is COc1cc(OC)cc(C(=O)Nc2cc(C)nn2-c2cccc(Cl)c2)c1. The first kappa shape index (κ1) is 17.8. The highest BCUT2D eigenvalue weighted by Gasteiger charge is 2.14. The van der Waals surface area contributed by atoms with Crippen molar-refractivity contribution < 1.29 is 14.3 Å². The minimum Gasteiger partial charge on any atom is -0.497 e. The van der Waals surface area contributed by atoms with E-state index in [0.717, 1.165) is 11.4 Å². The van der Waals surface area contributed by atoms with Crippen LogP contribution in [0.1, 0.15) is 16.1 Å². The van der Waals surface area contributed by atoms with Crippen LogP contribution in [0.3, 0.4) is 0 Å². The molecule has 0 saturated carbocycles. The van der Waals surface area contributed by atoms with E-state index < -0.39 is 0 Å². The molecule has 0 unspecified atom stereocenters. The molecular formula is C19H18ClN3O3. The summed E-state index contributed by atoms with van der Waals surface area (Å²) in [6.45, 7) is 1.85. The molecule has 0 aliphatic carbocycles. The maximum Gasteiger partial charge on any atom is 0.257 e. The number of hydrogen-bond acceptors (Lipinski definition) is 4. The van der Waals surface area contributed by atoms with Gasteiger partial charge in [0.05, 0.1) is 25.6 Å². The Morgan fingerprint density at radius 1 is 1.08 bits per heavy atom. The van der Waals surface area contributed by atoms with Crippen LogP contribution in [0.5, 0.6) is 11.5 Å². The summed E-state index contributed by atoms with van der Waals surface area (Å²) in [5.41, 5.74) is 1.94. The largest absolute Gasteiger partial charge is 0.497 e. The molecule has 3 aromatic rings. The Kier molecular flexibility index (Phi) is 5.14. The van der Waals surface area contributed by atoms with Crippen molar-refractivity contribution in [3.8, 4) is 17.2 Å². The number of nitrogens with zero attached hydrogens (tertiary/aromatic N) is 2. The fourth-order valence-corrected chi connectivity index (χ4v) is 2.70. The monoisotopic (exact) mass is 371 g/mol. The molecule has 1 heterocycles. The highest BCUT2D eigenvalue weighted by atomic mass is 35.5. The number of hydrogen-bond donors (Lipinski definition) is 1. The molecule has 26 heavy (non-hydrogen) atoms. The summed E-state index contributed by atoms with van der Waals surface area (Å²) < 4.78 is 12.1. The average molecular weight is 372 g/mol. The van der Waals surface area contributed by atoms with Crippen LogP contribution in [0.15, 0.2) is 48.5 Å². The van der Waals surface area contributed by atoms with Crippen LogP contribution >= 0.6 is 11.6 Å². The van der Waals surface area contributed by atoms with Crippen molar-refractivity contribution in [1.29, 1.82) is 0 Å². The van der Waals surface area contributed by atoms with E-state index in [9.17, 15) is 4.79 Å². The second-order valence-corrected chi connectivity index (χ2v) is 6.05. The summed E-state index contributed by atoms with van der Waals surface area (Å²) in [5.74, 6) is 1.31. The van der Waals surface area contributed by atoms with Crippen LogP contribution in [0.2, 0.25) is 5.02 Å². The lowest BCUT2D eigenvalue weighted by molar-refractivity contribution is 0.102. The second-order valence-electron chi connectivity index (χ2n) is 5.62. The quantitative estimate of drug-likeness (QED) is 0.733. The van der Waals surface area contributed by atoms with Crippen molar-refractivity contribution in [3.05, 3.63) is 64.8 Å². The van der Waals surface area contributed by atoms with Crippen LogP contribution in [-0.2, 0) is 0 Å². The predicted octanol–water partition coefficient (Wildman–Crippen LogP) is 4.10. The van der Waals surface area contributed by atoms with Crippen LogP contribution in [0.25, 0.3) is 5.69 Å². The molecule has 1 N–H and O–H groups in total. The number of anilines is 1.